The Labute approximate surface area is 113 Å². The van der Waals surface area contributed by atoms with Crippen molar-refractivity contribution in [1.29, 1.82) is 0 Å². The van der Waals surface area contributed by atoms with E-state index < -0.39 is 0 Å². The molecule has 0 amide bonds. The number of aromatic nitrogens is 1. The molecule has 0 aliphatic heterocycles. The summed E-state index contributed by atoms with van der Waals surface area (Å²) in [5, 5.41) is 0. The number of aliphatic imine (C=N–C) groups is 2. The standard InChI is InChI=1S/C16H17N3/c1-5-15-11(2)12(3)16(19-15)10-18-14-8-6-13(17-4)7-9-14/h5-10,19H,1,4H2,2-3H3. The molecule has 0 bridgehead atoms. The van der Waals surface area contributed by atoms with Crippen molar-refractivity contribution >= 4 is 30.4 Å². The molecular weight excluding hydrogens is 234 g/mol. The third-order valence-corrected chi connectivity index (χ3v) is 3.22. The third-order valence-electron chi connectivity index (χ3n) is 3.22. The molecule has 1 heterocycles. The molecule has 1 N–H and O–H groups in total. The molecule has 0 fully saturated rings. The van der Waals surface area contributed by atoms with Crippen molar-refractivity contribution in [2.75, 3.05) is 0 Å². The van der Waals surface area contributed by atoms with Gasteiger partial charge in [-0.1, -0.05) is 6.58 Å². The summed E-state index contributed by atoms with van der Waals surface area (Å²) in [7, 11) is 0. The normalized spacial score (nSPS) is 10.8. The number of benzene rings is 1. The maximum Gasteiger partial charge on any atom is 0.0632 e. The molecule has 0 saturated heterocycles. The number of hydrogen-bond donors (Lipinski definition) is 1. The van der Waals surface area contributed by atoms with Gasteiger partial charge in [0.1, 0.15) is 0 Å². The topological polar surface area (TPSA) is 40.5 Å². The second kappa shape index (κ2) is 5.48. The van der Waals surface area contributed by atoms with E-state index >= 15 is 0 Å². The first-order valence-electron chi connectivity index (χ1n) is 6.08. The van der Waals surface area contributed by atoms with Crippen LogP contribution in [0.2, 0.25) is 0 Å². The van der Waals surface area contributed by atoms with Crippen LogP contribution in [0.25, 0.3) is 6.08 Å². The minimum atomic E-state index is 0.847. The van der Waals surface area contributed by atoms with Crippen LogP contribution in [0.5, 0.6) is 0 Å². The molecule has 0 saturated carbocycles. The van der Waals surface area contributed by atoms with Gasteiger partial charge in [-0.25, -0.2) is 0 Å². The predicted octanol–water partition coefficient (Wildman–Crippen LogP) is 4.36. The van der Waals surface area contributed by atoms with E-state index in [2.05, 4.69) is 42.1 Å². The van der Waals surface area contributed by atoms with Crippen molar-refractivity contribution in [2.24, 2.45) is 9.98 Å². The van der Waals surface area contributed by atoms with Crippen LogP contribution < -0.4 is 0 Å². The number of rotatable bonds is 4. The zero-order valence-electron chi connectivity index (χ0n) is 11.3. The Morgan fingerprint density at radius 3 is 2.11 bits per heavy atom. The molecule has 0 aliphatic carbocycles. The summed E-state index contributed by atoms with van der Waals surface area (Å²) in [5.41, 5.74) is 6.20. The average molecular weight is 251 g/mol. The van der Waals surface area contributed by atoms with E-state index in [1.807, 2.05) is 36.6 Å². The van der Waals surface area contributed by atoms with Crippen LogP contribution in [-0.2, 0) is 0 Å². The van der Waals surface area contributed by atoms with Gasteiger partial charge in [0.2, 0.25) is 0 Å². The molecule has 0 atom stereocenters. The van der Waals surface area contributed by atoms with Crippen LogP contribution in [0.4, 0.5) is 11.4 Å². The van der Waals surface area contributed by atoms with E-state index in [0.717, 1.165) is 22.8 Å². The van der Waals surface area contributed by atoms with Crippen LogP contribution >= 0.6 is 0 Å². The average Bonchev–Trinajstić information content (AvgIpc) is 2.73. The molecule has 0 radical (unpaired) electrons. The summed E-state index contributed by atoms with van der Waals surface area (Å²) in [6, 6.07) is 7.61. The SMILES string of the molecule is C=Cc1[nH]c(C=Nc2ccc(N=C)cc2)c(C)c1C. The van der Waals surface area contributed by atoms with Gasteiger partial charge in [-0.3, -0.25) is 9.98 Å². The second-order valence-corrected chi connectivity index (χ2v) is 4.34. The fraction of sp³-hybridized carbons (Fsp3) is 0.125. The molecule has 3 heteroatoms. The first-order chi connectivity index (χ1) is 9.15. The Balaban J connectivity index is 2.26. The van der Waals surface area contributed by atoms with Crippen molar-refractivity contribution in [2.45, 2.75) is 13.8 Å². The highest BCUT2D eigenvalue weighted by molar-refractivity contribution is 5.83. The zero-order valence-corrected chi connectivity index (χ0v) is 11.3. The molecule has 2 rings (SSSR count). The van der Waals surface area contributed by atoms with Gasteiger partial charge in [0, 0.05) is 5.69 Å². The maximum atomic E-state index is 4.45. The number of aromatic amines is 1. The fourth-order valence-electron chi connectivity index (χ4n) is 1.85. The van der Waals surface area contributed by atoms with E-state index in [9.17, 15) is 0 Å². The van der Waals surface area contributed by atoms with Crippen LogP contribution in [0, 0.1) is 13.8 Å². The van der Waals surface area contributed by atoms with Gasteiger partial charge >= 0.3 is 0 Å². The summed E-state index contributed by atoms with van der Waals surface area (Å²) in [5.74, 6) is 0. The number of H-pyrrole nitrogens is 1. The summed E-state index contributed by atoms with van der Waals surface area (Å²) in [4.78, 5) is 11.6. The number of hydrogen-bond acceptors (Lipinski definition) is 2. The fourth-order valence-corrected chi connectivity index (χ4v) is 1.85. The number of nitrogens with one attached hydrogen (secondary N) is 1. The van der Waals surface area contributed by atoms with Gasteiger partial charge in [-0.2, -0.15) is 0 Å². The molecular formula is C16H17N3. The minimum Gasteiger partial charge on any atom is -0.354 e. The molecule has 0 unspecified atom stereocenters. The molecule has 96 valence electrons. The highest BCUT2D eigenvalue weighted by Crippen LogP contribution is 2.20. The lowest BCUT2D eigenvalue weighted by molar-refractivity contribution is 1.32. The van der Waals surface area contributed by atoms with Crippen LogP contribution in [0.15, 0.2) is 40.8 Å². The van der Waals surface area contributed by atoms with Gasteiger partial charge in [-0.15, -0.1) is 0 Å². The van der Waals surface area contributed by atoms with E-state index in [-0.39, 0.29) is 0 Å². The molecule has 19 heavy (non-hydrogen) atoms. The summed E-state index contributed by atoms with van der Waals surface area (Å²) >= 11 is 0. The second-order valence-electron chi connectivity index (χ2n) is 4.34. The molecule has 1 aromatic heterocycles. The molecule has 0 spiro atoms. The minimum absolute atomic E-state index is 0.847. The van der Waals surface area contributed by atoms with Crippen LogP contribution in [-0.4, -0.2) is 17.9 Å². The van der Waals surface area contributed by atoms with E-state index in [4.69, 9.17) is 0 Å². The van der Waals surface area contributed by atoms with Gasteiger partial charge in [0.15, 0.2) is 0 Å². The van der Waals surface area contributed by atoms with E-state index in [1.165, 1.54) is 11.1 Å². The van der Waals surface area contributed by atoms with Crippen molar-refractivity contribution in [1.82, 2.24) is 4.98 Å². The van der Waals surface area contributed by atoms with E-state index in [1.54, 1.807) is 0 Å². The van der Waals surface area contributed by atoms with Gasteiger partial charge in [0.05, 0.1) is 23.3 Å². The van der Waals surface area contributed by atoms with Crippen molar-refractivity contribution < 1.29 is 0 Å². The molecule has 2 aromatic rings. The Morgan fingerprint density at radius 2 is 1.58 bits per heavy atom. The Kier molecular flexibility index (Phi) is 3.76. The molecule has 0 aliphatic rings. The van der Waals surface area contributed by atoms with Gasteiger partial charge in [0.25, 0.3) is 0 Å². The first kappa shape index (κ1) is 13.0. The highest BCUT2D eigenvalue weighted by atomic mass is 14.8. The Bertz CT molecular complexity index is 631. The largest absolute Gasteiger partial charge is 0.354 e. The third kappa shape index (κ3) is 2.71. The van der Waals surface area contributed by atoms with Crippen LogP contribution in [0.1, 0.15) is 22.5 Å². The highest BCUT2D eigenvalue weighted by Gasteiger charge is 2.05. The number of nitrogens with zero attached hydrogens (tertiary/aromatic N) is 2. The van der Waals surface area contributed by atoms with Crippen LogP contribution in [0.3, 0.4) is 0 Å². The summed E-state index contributed by atoms with van der Waals surface area (Å²) in [6.07, 6.45) is 3.66. The zero-order chi connectivity index (χ0) is 13.8. The van der Waals surface area contributed by atoms with E-state index in [0.29, 0.717) is 0 Å². The lowest BCUT2D eigenvalue weighted by Crippen LogP contribution is -1.84. The predicted molar refractivity (Wildman–Crippen MR) is 83.3 cm³/mol. The lowest BCUT2D eigenvalue weighted by atomic mass is 10.1. The van der Waals surface area contributed by atoms with Gasteiger partial charge < -0.3 is 4.98 Å². The molecule has 1 aromatic carbocycles. The smallest absolute Gasteiger partial charge is 0.0632 e. The quantitative estimate of drug-likeness (QED) is 0.784. The monoisotopic (exact) mass is 251 g/mol. The maximum absolute atomic E-state index is 4.45. The van der Waals surface area contributed by atoms with Gasteiger partial charge in [-0.05, 0) is 62.0 Å². The summed E-state index contributed by atoms with van der Waals surface area (Å²) < 4.78 is 0. The van der Waals surface area contributed by atoms with Crippen molar-refractivity contribution in [3.63, 3.8) is 0 Å². The first-order valence-corrected chi connectivity index (χ1v) is 6.08. The van der Waals surface area contributed by atoms with Crippen molar-refractivity contribution in [3.8, 4) is 0 Å². The molecule has 3 nitrogen and oxygen atoms in total. The Morgan fingerprint density at radius 1 is 1.00 bits per heavy atom. The Hall–Kier alpha value is -2.42. The lowest BCUT2D eigenvalue weighted by Gasteiger charge is -1.95. The summed E-state index contributed by atoms with van der Waals surface area (Å²) in [6.45, 7) is 11.4. The van der Waals surface area contributed by atoms with Crippen molar-refractivity contribution in [3.05, 3.63) is 53.4 Å².